The van der Waals surface area contributed by atoms with Crippen LogP contribution in [-0.2, 0) is 14.4 Å². The molecule has 0 aromatic heterocycles. The summed E-state index contributed by atoms with van der Waals surface area (Å²) in [6.45, 7) is 0. The predicted molar refractivity (Wildman–Crippen MR) is 53.4 cm³/mol. The van der Waals surface area contributed by atoms with Gasteiger partial charge < -0.3 is 0 Å². The standard InChI is InChI=1S/C9H8N2O3S/c10-7-4-8-11-14-15(12,13)9-5-2-1-3-6-9/h1-3,5-6,8H,4H2/b11-8+. The molecule has 0 aliphatic rings. The average Bonchev–Trinajstić information content (AvgIpc) is 2.26. The fraction of sp³-hybridized carbons (Fsp3) is 0.111. The fourth-order valence-corrected chi connectivity index (χ4v) is 1.55. The van der Waals surface area contributed by atoms with E-state index in [2.05, 4.69) is 9.44 Å². The molecule has 5 nitrogen and oxygen atoms in total. The van der Waals surface area contributed by atoms with Crippen LogP contribution >= 0.6 is 0 Å². The van der Waals surface area contributed by atoms with E-state index in [0.29, 0.717) is 0 Å². The van der Waals surface area contributed by atoms with Crippen LogP contribution in [0.5, 0.6) is 0 Å². The lowest BCUT2D eigenvalue weighted by Crippen LogP contribution is -2.01. The number of nitriles is 1. The van der Waals surface area contributed by atoms with Crippen molar-refractivity contribution in [1.29, 1.82) is 5.26 Å². The van der Waals surface area contributed by atoms with E-state index in [-0.39, 0.29) is 11.3 Å². The second-order valence-corrected chi connectivity index (χ2v) is 4.02. The van der Waals surface area contributed by atoms with Crippen molar-refractivity contribution in [3.05, 3.63) is 30.3 Å². The normalized spacial score (nSPS) is 11.1. The molecule has 6 heteroatoms. The third kappa shape index (κ3) is 3.40. The van der Waals surface area contributed by atoms with Crippen molar-refractivity contribution in [3.63, 3.8) is 0 Å². The summed E-state index contributed by atoms with van der Waals surface area (Å²) in [6.07, 6.45) is 1.09. The Hall–Kier alpha value is -1.87. The molecular formula is C9H8N2O3S. The summed E-state index contributed by atoms with van der Waals surface area (Å²) in [5.74, 6) is 0. The molecule has 1 rings (SSSR count). The molecule has 0 bridgehead atoms. The first-order valence-corrected chi connectivity index (χ1v) is 5.45. The highest BCUT2D eigenvalue weighted by Crippen LogP contribution is 2.10. The minimum Gasteiger partial charge on any atom is -0.265 e. The lowest BCUT2D eigenvalue weighted by Gasteiger charge is -1.99. The van der Waals surface area contributed by atoms with Crippen molar-refractivity contribution >= 4 is 16.3 Å². The summed E-state index contributed by atoms with van der Waals surface area (Å²) < 4.78 is 27.1. The second-order valence-electron chi connectivity index (χ2n) is 2.49. The van der Waals surface area contributed by atoms with Crippen molar-refractivity contribution in [2.24, 2.45) is 5.16 Å². The van der Waals surface area contributed by atoms with Gasteiger partial charge in [0, 0.05) is 0 Å². The van der Waals surface area contributed by atoms with E-state index in [1.165, 1.54) is 12.1 Å². The topological polar surface area (TPSA) is 79.5 Å². The SMILES string of the molecule is N#CC/C=N/OS(=O)(=O)c1ccccc1. The molecule has 0 aliphatic heterocycles. The van der Waals surface area contributed by atoms with E-state index in [9.17, 15) is 8.42 Å². The third-order valence-electron chi connectivity index (χ3n) is 1.43. The van der Waals surface area contributed by atoms with Gasteiger partial charge in [0.1, 0.15) is 4.90 Å². The molecule has 0 heterocycles. The largest absolute Gasteiger partial charge is 0.358 e. The van der Waals surface area contributed by atoms with Gasteiger partial charge >= 0.3 is 10.1 Å². The Morgan fingerprint density at radius 2 is 2.07 bits per heavy atom. The number of oxime groups is 1. The number of benzene rings is 1. The van der Waals surface area contributed by atoms with Crippen molar-refractivity contribution in [3.8, 4) is 6.07 Å². The summed E-state index contributed by atoms with van der Waals surface area (Å²) in [4.78, 5) is 0.0270. The van der Waals surface area contributed by atoms with Crippen LogP contribution < -0.4 is 0 Å². The highest BCUT2D eigenvalue weighted by Gasteiger charge is 2.13. The van der Waals surface area contributed by atoms with Crippen LogP contribution in [0.25, 0.3) is 0 Å². The molecule has 0 atom stereocenters. The van der Waals surface area contributed by atoms with Gasteiger partial charge in [0.2, 0.25) is 0 Å². The van der Waals surface area contributed by atoms with Crippen molar-refractivity contribution in [2.75, 3.05) is 0 Å². The Morgan fingerprint density at radius 3 is 2.67 bits per heavy atom. The predicted octanol–water partition coefficient (Wildman–Crippen LogP) is 1.29. The van der Waals surface area contributed by atoms with Crippen LogP contribution in [0.2, 0.25) is 0 Å². The molecule has 0 saturated heterocycles. The Labute approximate surface area is 87.7 Å². The molecular weight excluding hydrogens is 216 g/mol. The lowest BCUT2D eigenvalue weighted by atomic mass is 10.4. The van der Waals surface area contributed by atoms with Gasteiger partial charge in [-0.2, -0.15) is 13.7 Å². The maximum absolute atomic E-state index is 11.4. The van der Waals surface area contributed by atoms with Crippen LogP contribution in [0, 0.1) is 11.3 Å². The van der Waals surface area contributed by atoms with Gasteiger partial charge in [-0.25, -0.2) is 0 Å². The van der Waals surface area contributed by atoms with Crippen LogP contribution in [0.3, 0.4) is 0 Å². The van der Waals surface area contributed by atoms with Gasteiger partial charge in [-0.3, -0.25) is 4.28 Å². The Bertz CT molecular complexity index is 474. The summed E-state index contributed by atoms with van der Waals surface area (Å²) in [7, 11) is -3.85. The maximum Gasteiger partial charge on any atom is 0.358 e. The molecule has 1 aromatic rings. The van der Waals surface area contributed by atoms with Crippen LogP contribution in [0.15, 0.2) is 40.4 Å². The minimum absolute atomic E-state index is 0.00428. The summed E-state index contributed by atoms with van der Waals surface area (Å²) in [5.41, 5.74) is 0. The van der Waals surface area contributed by atoms with Gasteiger partial charge in [-0.15, -0.1) is 0 Å². The zero-order valence-corrected chi connectivity index (χ0v) is 8.52. The Kier molecular flexibility index (Phi) is 3.83. The zero-order valence-electron chi connectivity index (χ0n) is 7.70. The van der Waals surface area contributed by atoms with E-state index in [0.717, 1.165) is 6.21 Å². The quantitative estimate of drug-likeness (QED) is 0.570. The third-order valence-corrected chi connectivity index (χ3v) is 2.56. The lowest BCUT2D eigenvalue weighted by molar-refractivity contribution is 0.340. The van der Waals surface area contributed by atoms with E-state index in [1.54, 1.807) is 24.3 Å². The molecule has 0 fully saturated rings. The number of hydrogen-bond acceptors (Lipinski definition) is 5. The zero-order chi connectivity index (χ0) is 11.1. The molecule has 0 radical (unpaired) electrons. The number of hydrogen-bond donors (Lipinski definition) is 0. The molecule has 1 aromatic carbocycles. The molecule has 0 unspecified atom stereocenters. The summed E-state index contributed by atoms with van der Waals surface area (Å²) in [5, 5.41) is 11.3. The number of nitrogens with zero attached hydrogens (tertiary/aromatic N) is 2. The van der Waals surface area contributed by atoms with Gasteiger partial charge in [-0.05, 0) is 12.1 Å². The Morgan fingerprint density at radius 1 is 1.40 bits per heavy atom. The van der Waals surface area contributed by atoms with Crippen molar-refractivity contribution in [1.82, 2.24) is 0 Å². The van der Waals surface area contributed by atoms with Crippen LogP contribution in [0.1, 0.15) is 6.42 Å². The van der Waals surface area contributed by atoms with Gasteiger partial charge in [-0.1, -0.05) is 23.4 Å². The van der Waals surface area contributed by atoms with Gasteiger partial charge in [0.15, 0.2) is 0 Å². The van der Waals surface area contributed by atoms with Crippen LogP contribution in [0.4, 0.5) is 0 Å². The smallest absolute Gasteiger partial charge is 0.265 e. The summed E-state index contributed by atoms with van der Waals surface area (Å²) >= 11 is 0. The fourth-order valence-electron chi connectivity index (χ4n) is 0.795. The minimum atomic E-state index is -3.85. The van der Waals surface area contributed by atoms with Crippen LogP contribution in [-0.4, -0.2) is 14.6 Å². The highest BCUT2D eigenvalue weighted by atomic mass is 32.2. The molecule has 0 spiro atoms. The van der Waals surface area contributed by atoms with Gasteiger partial charge in [0.05, 0.1) is 18.7 Å². The first-order valence-electron chi connectivity index (χ1n) is 4.04. The van der Waals surface area contributed by atoms with Gasteiger partial charge in [0.25, 0.3) is 0 Å². The Balaban J connectivity index is 2.74. The molecule has 78 valence electrons. The molecule has 0 amide bonds. The average molecular weight is 224 g/mol. The second kappa shape index (κ2) is 5.12. The molecule has 0 saturated carbocycles. The molecule has 15 heavy (non-hydrogen) atoms. The highest BCUT2D eigenvalue weighted by molar-refractivity contribution is 7.86. The van der Waals surface area contributed by atoms with Crippen molar-refractivity contribution in [2.45, 2.75) is 11.3 Å². The molecule has 0 aliphatic carbocycles. The monoisotopic (exact) mass is 224 g/mol. The van der Waals surface area contributed by atoms with E-state index >= 15 is 0 Å². The molecule has 0 N–H and O–H groups in total. The van der Waals surface area contributed by atoms with E-state index < -0.39 is 10.1 Å². The van der Waals surface area contributed by atoms with E-state index in [4.69, 9.17) is 5.26 Å². The first-order chi connectivity index (χ1) is 7.17. The van der Waals surface area contributed by atoms with E-state index in [1.807, 2.05) is 0 Å². The maximum atomic E-state index is 11.4. The first kappa shape index (κ1) is 11.2. The number of rotatable bonds is 4. The van der Waals surface area contributed by atoms with Crippen molar-refractivity contribution < 1.29 is 12.7 Å². The summed E-state index contributed by atoms with van der Waals surface area (Å²) in [6, 6.07) is 9.42.